The SMILES string of the molecule is COCCOc1cc2c(cc1OCCO)C=NCN2N. The van der Waals surface area contributed by atoms with E-state index in [1.807, 2.05) is 6.07 Å². The van der Waals surface area contributed by atoms with Crippen molar-refractivity contribution in [3.05, 3.63) is 17.7 Å². The Morgan fingerprint density at radius 1 is 1.25 bits per heavy atom. The quantitative estimate of drug-likeness (QED) is 0.546. The second-order valence-corrected chi connectivity index (χ2v) is 4.19. The fourth-order valence-electron chi connectivity index (χ4n) is 1.84. The second kappa shape index (κ2) is 7.09. The molecular weight excluding hydrogens is 262 g/mol. The van der Waals surface area contributed by atoms with E-state index < -0.39 is 0 Å². The molecule has 0 spiro atoms. The number of nitrogens with zero attached hydrogens (tertiary/aromatic N) is 2. The Kier molecular flexibility index (Phi) is 5.16. The van der Waals surface area contributed by atoms with Crippen molar-refractivity contribution in [2.24, 2.45) is 10.8 Å². The van der Waals surface area contributed by atoms with Gasteiger partial charge in [0.25, 0.3) is 0 Å². The normalized spacial score (nSPS) is 13.2. The maximum Gasteiger partial charge on any atom is 0.163 e. The number of nitrogens with two attached hydrogens (primary N) is 1. The van der Waals surface area contributed by atoms with Crippen LogP contribution in [0.3, 0.4) is 0 Å². The first-order valence-corrected chi connectivity index (χ1v) is 6.31. The van der Waals surface area contributed by atoms with E-state index in [-0.39, 0.29) is 13.2 Å². The van der Waals surface area contributed by atoms with Crippen molar-refractivity contribution in [3.8, 4) is 11.5 Å². The van der Waals surface area contributed by atoms with Crippen LogP contribution < -0.4 is 20.3 Å². The average Bonchev–Trinajstić information content (AvgIpc) is 2.46. The van der Waals surface area contributed by atoms with Gasteiger partial charge in [0.05, 0.1) is 18.9 Å². The second-order valence-electron chi connectivity index (χ2n) is 4.19. The number of hydrogen-bond acceptors (Lipinski definition) is 7. The zero-order valence-electron chi connectivity index (χ0n) is 11.4. The lowest BCUT2D eigenvalue weighted by Gasteiger charge is -2.24. The zero-order chi connectivity index (χ0) is 14.4. The minimum absolute atomic E-state index is 0.0638. The van der Waals surface area contributed by atoms with Crippen molar-refractivity contribution in [2.45, 2.75) is 0 Å². The van der Waals surface area contributed by atoms with E-state index in [0.29, 0.717) is 31.4 Å². The molecule has 0 aliphatic carbocycles. The summed E-state index contributed by atoms with van der Waals surface area (Å²) in [4.78, 5) is 4.14. The molecule has 2 rings (SSSR count). The molecule has 0 unspecified atom stereocenters. The standard InChI is InChI=1S/C13H19N3O4/c1-18-4-5-20-13-7-11-10(8-15-9-16(11)14)6-12(13)19-3-2-17/h6-8,17H,2-5,9,14H2,1H3. The molecule has 7 heteroatoms. The summed E-state index contributed by atoms with van der Waals surface area (Å²) in [5, 5.41) is 10.4. The molecular formula is C13H19N3O4. The molecule has 1 aromatic carbocycles. The van der Waals surface area contributed by atoms with Crippen molar-refractivity contribution in [1.29, 1.82) is 0 Å². The first-order valence-electron chi connectivity index (χ1n) is 6.31. The number of fused-ring (bicyclic) bond motifs is 1. The van der Waals surface area contributed by atoms with E-state index in [0.717, 1.165) is 11.3 Å². The Labute approximate surface area is 117 Å². The smallest absolute Gasteiger partial charge is 0.163 e. The maximum absolute atomic E-state index is 8.87. The van der Waals surface area contributed by atoms with Gasteiger partial charge in [0.2, 0.25) is 0 Å². The molecule has 0 radical (unpaired) electrons. The summed E-state index contributed by atoms with van der Waals surface area (Å²) in [6, 6.07) is 3.61. The molecule has 0 atom stereocenters. The van der Waals surface area contributed by atoms with Gasteiger partial charge in [0.15, 0.2) is 11.5 Å². The Balaban J connectivity index is 2.25. The zero-order valence-corrected chi connectivity index (χ0v) is 11.4. The largest absolute Gasteiger partial charge is 0.487 e. The van der Waals surface area contributed by atoms with E-state index in [1.54, 1.807) is 19.4 Å². The summed E-state index contributed by atoms with van der Waals surface area (Å²) in [5.74, 6) is 7.00. The lowest BCUT2D eigenvalue weighted by Crippen LogP contribution is -2.34. The summed E-state index contributed by atoms with van der Waals surface area (Å²) in [6.07, 6.45) is 1.74. The van der Waals surface area contributed by atoms with Crippen LogP contribution in [0.15, 0.2) is 17.1 Å². The molecule has 1 aliphatic heterocycles. The first kappa shape index (κ1) is 14.6. The van der Waals surface area contributed by atoms with E-state index in [2.05, 4.69) is 4.99 Å². The third-order valence-electron chi connectivity index (χ3n) is 2.76. The van der Waals surface area contributed by atoms with Crippen molar-refractivity contribution in [2.75, 3.05) is 45.2 Å². The van der Waals surface area contributed by atoms with Gasteiger partial charge in [-0.3, -0.25) is 10.0 Å². The number of aliphatic hydroxyl groups is 1. The highest BCUT2D eigenvalue weighted by Gasteiger charge is 2.16. The Morgan fingerprint density at radius 2 is 2.00 bits per heavy atom. The van der Waals surface area contributed by atoms with Crippen LogP contribution in [-0.2, 0) is 4.74 Å². The maximum atomic E-state index is 8.87. The van der Waals surface area contributed by atoms with Gasteiger partial charge in [0.1, 0.15) is 19.9 Å². The first-order chi connectivity index (χ1) is 9.76. The van der Waals surface area contributed by atoms with Gasteiger partial charge in [-0.25, -0.2) is 5.84 Å². The van der Waals surface area contributed by atoms with Gasteiger partial charge < -0.3 is 19.3 Å². The topological polar surface area (TPSA) is 89.5 Å². The molecule has 0 aromatic heterocycles. The Bertz CT molecular complexity index is 479. The predicted octanol–water partition coefficient (Wildman–Crippen LogP) is 0.153. The van der Waals surface area contributed by atoms with Crippen molar-refractivity contribution < 1.29 is 19.3 Å². The number of rotatable bonds is 7. The number of hydrogen-bond donors (Lipinski definition) is 2. The molecule has 0 fully saturated rings. The Hall–Kier alpha value is -1.83. The van der Waals surface area contributed by atoms with Gasteiger partial charge in [-0.1, -0.05) is 0 Å². The summed E-state index contributed by atoms with van der Waals surface area (Å²) < 4.78 is 16.1. The molecule has 0 saturated carbocycles. The highest BCUT2D eigenvalue weighted by molar-refractivity contribution is 5.91. The fraction of sp³-hybridized carbons (Fsp3) is 0.462. The highest BCUT2D eigenvalue weighted by Crippen LogP contribution is 2.35. The lowest BCUT2D eigenvalue weighted by molar-refractivity contribution is 0.141. The molecule has 7 nitrogen and oxygen atoms in total. The number of anilines is 1. The number of aliphatic hydroxyl groups excluding tert-OH is 1. The number of benzene rings is 1. The van der Waals surface area contributed by atoms with Gasteiger partial charge in [-0.15, -0.1) is 0 Å². The van der Waals surface area contributed by atoms with E-state index in [1.165, 1.54) is 5.01 Å². The number of ether oxygens (including phenoxy) is 3. The van der Waals surface area contributed by atoms with E-state index >= 15 is 0 Å². The molecule has 0 saturated heterocycles. The predicted molar refractivity (Wildman–Crippen MR) is 75.5 cm³/mol. The Morgan fingerprint density at radius 3 is 2.75 bits per heavy atom. The minimum atomic E-state index is -0.0638. The van der Waals surface area contributed by atoms with Crippen molar-refractivity contribution in [3.63, 3.8) is 0 Å². The third kappa shape index (κ3) is 3.38. The minimum Gasteiger partial charge on any atom is -0.487 e. The van der Waals surface area contributed by atoms with Crippen LogP contribution in [0.5, 0.6) is 11.5 Å². The van der Waals surface area contributed by atoms with Crippen LogP contribution in [0.25, 0.3) is 0 Å². The van der Waals surface area contributed by atoms with Gasteiger partial charge in [0, 0.05) is 25.0 Å². The van der Waals surface area contributed by atoms with E-state index in [9.17, 15) is 0 Å². The van der Waals surface area contributed by atoms with E-state index in [4.69, 9.17) is 25.2 Å². The summed E-state index contributed by atoms with van der Waals surface area (Å²) in [5.41, 5.74) is 1.68. The molecule has 1 aliphatic rings. The van der Waals surface area contributed by atoms with Crippen LogP contribution in [0.4, 0.5) is 5.69 Å². The van der Waals surface area contributed by atoms with Crippen LogP contribution in [0.2, 0.25) is 0 Å². The van der Waals surface area contributed by atoms with Gasteiger partial charge in [-0.2, -0.15) is 0 Å². The van der Waals surface area contributed by atoms with Crippen LogP contribution in [0, 0.1) is 0 Å². The lowest BCUT2D eigenvalue weighted by atomic mass is 10.1. The molecule has 1 heterocycles. The van der Waals surface area contributed by atoms with Crippen molar-refractivity contribution in [1.82, 2.24) is 0 Å². The number of aliphatic imine (C=N–C) groups is 1. The summed E-state index contributed by atoms with van der Waals surface area (Å²) in [6.45, 7) is 1.42. The van der Waals surface area contributed by atoms with Crippen LogP contribution >= 0.6 is 0 Å². The molecule has 20 heavy (non-hydrogen) atoms. The molecule has 1 aromatic rings. The van der Waals surface area contributed by atoms with Gasteiger partial charge >= 0.3 is 0 Å². The number of methoxy groups -OCH3 is 1. The van der Waals surface area contributed by atoms with Gasteiger partial charge in [-0.05, 0) is 6.07 Å². The third-order valence-corrected chi connectivity index (χ3v) is 2.76. The molecule has 110 valence electrons. The highest BCUT2D eigenvalue weighted by atomic mass is 16.5. The fourth-order valence-corrected chi connectivity index (χ4v) is 1.84. The van der Waals surface area contributed by atoms with Crippen molar-refractivity contribution >= 4 is 11.9 Å². The molecule has 0 bridgehead atoms. The monoisotopic (exact) mass is 281 g/mol. The molecule has 3 N–H and O–H groups in total. The number of hydrazine groups is 1. The molecule has 0 amide bonds. The summed E-state index contributed by atoms with van der Waals surface area (Å²) in [7, 11) is 1.61. The van der Waals surface area contributed by atoms with Crippen LogP contribution in [0.1, 0.15) is 5.56 Å². The average molecular weight is 281 g/mol. The van der Waals surface area contributed by atoms with Crippen LogP contribution in [-0.4, -0.2) is 51.5 Å². The summed E-state index contributed by atoms with van der Waals surface area (Å²) >= 11 is 0.